The van der Waals surface area contributed by atoms with Gasteiger partial charge in [0.25, 0.3) is 0 Å². The molecule has 262 valence electrons. The molecule has 0 bridgehead atoms. The van der Waals surface area contributed by atoms with E-state index in [9.17, 15) is 24.0 Å². The van der Waals surface area contributed by atoms with E-state index < -0.39 is 41.8 Å². The maximum atomic E-state index is 13.6. The Labute approximate surface area is 280 Å². The van der Waals surface area contributed by atoms with Crippen LogP contribution in [0.5, 0.6) is 0 Å². The van der Waals surface area contributed by atoms with Gasteiger partial charge in [-0.25, -0.2) is 0 Å². The molecule has 5 amide bonds. The van der Waals surface area contributed by atoms with Crippen molar-refractivity contribution in [2.75, 3.05) is 39.4 Å². The largest absolute Gasteiger partial charge is 0.370 e. The van der Waals surface area contributed by atoms with Gasteiger partial charge in [0, 0.05) is 19.6 Å². The van der Waals surface area contributed by atoms with Gasteiger partial charge in [0.15, 0.2) is 5.96 Å². The molecule has 1 aliphatic rings. The van der Waals surface area contributed by atoms with Crippen molar-refractivity contribution in [2.24, 2.45) is 27.9 Å². The van der Waals surface area contributed by atoms with E-state index in [-0.39, 0.29) is 57.4 Å². The number of ether oxygens (including phenoxy) is 1. The first-order valence-electron chi connectivity index (χ1n) is 16.4. The predicted molar refractivity (Wildman–Crippen MR) is 182 cm³/mol. The number of carbonyl (C=O) groups is 5. The number of nitrogens with zero attached hydrogens (tertiary/aromatic N) is 2. The van der Waals surface area contributed by atoms with Gasteiger partial charge in [-0.3, -0.25) is 29.0 Å². The second-order valence-corrected chi connectivity index (χ2v) is 11.7. The van der Waals surface area contributed by atoms with Crippen molar-refractivity contribution in [3.8, 4) is 0 Å². The summed E-state index contributed by atoms with van der Waals surface area (Å²) in [7, 11) is 0. The monoisotopic (exact) mass is 667 g/mol. The molecular formula is C33H49N9O6. The summed E-state index contributed by atoms with van der Waals surface area (Å²) in [5.74, 6) is -2.34. The van der Waals surface area contributed by atoms with Gasteiger partial charge in [-0.1, -0.05) is 42.5 Å². The summed E-state index contributed by atoms with van der Waals surface area (Å²) < 4.78 is 5.09. The minimum Gasteiger partial charge on any atom is -0.370 e. The highest BCUT2D eigenvalue weighted by molar-refractivity contribution is 5.95. The Morgan fingerprint density at radius 2 is 1.65 bits per heavy atom. The Morgan fingerprint density at radius 3 is 2.40 bits per heavy atom. The van der Waals surface area contributed by atoms with Gasteiger partial charge < -0.3 is 48.5 Å². The Balaban J connectivity index is 1.68. The van der Waals surface area contributed by atoms with E-state index in [1.807, 2.05) is 42.5 Å². The number of benzene rings is 2. The second kappa shape index (κ2) is 19.8. The summed E-state index contributed by atoms with van der Waals surface area (Å²) in [6.45, 7) is 0.921. The first-order valence-corrected chi connectivity index (χ1v) is 16.4. The SMILES string of the molecule is NCCCCC(NC(=O)[C@@H]1CCCN1C(=O)Cc1cccc2ccccc12)C(=O)NC(CCCN=C(N)N)C(=O)NCCOCC(N)=O. The van der Waals surface area contributed by atoms with Crippen LogP contribution >= 0.6 is 0 Å². The van der Waals surface area contributed by atoms with Crippen LogP contribution in [0.1, 0.15) is 50.5 Å². The molecule has 1 fully saturated rings. The van der Waals surface area contributed by atoms with E-state index in [2.05, 4.69) is 20.9 Å². The van der Waals surface area contributed by atoms with Gasteiger partial charge in [-0.2, -0.15) is 0 Å². The zero-order valence-electron chi connectivity index (χ0n) is 27.3. The number of likely N-dealkylation sites (tertiary alicyclic amines) is 1. The van der Waals surface area contributed by atoms with Crippen LogP contribution in [0, 0.1) is 0 Å². The highest BCUT2D eigenvalue weighted by Crippen LogP contribution is 2.23. The van der Waals surface area contributed by atoms with Crippen LogP contribution in [0.2, 0.25) is 0 Å². The number of nitrogens with one attached hydrogen (secondary N) is 3. The first-order chi connectivity index (χ1) is 23.1. The lowest BCUT2D eigenvalue weighted by Crippen LogP contribution is -2.56. The van der Waals surface area contributed by atoms with E-state index in [1.165, 1.54) is 0 Å². The molecule has 1 aliphatic heterocycles. The van der Waals surface area contributed by atoms with Gasteiger partial charge in [-0.15, -0.1) is 0 Å². The zero-order chi connectivity index (χ0) is 34.9. The Bertz CT molecular complexity index is 1430. The zero-order valence-corrected chi connectivity index (χ0v) is 27.3. The number of carbonyl (C=O) groups excluding carboxylic acids is 5. The predicted octanol–water partition coefficient (Wildman–Crippen LogP) is -0.856. The fraction of sp³-hybridized carbons (Fsp3) is 0.515. The fourth-order valence-electron chi connectivity index (χ4n) is 5.67. The summed E-state index contributed by atoms with van der Waals surface area (Å²) in [5.41, 5.74) is 22.4. The van der Waals surface area contributed by atoms with Crippen LogP contribution in [-0.4, -0.2) is 97.9 Å². The molecule has 48 heavy (non-hydrogen) atoms. The molecule has 2 aromatic carbocycles. The molecule has 1 heterocycles. The molecule has 0 radical (unpaired) electrons. The van der Waals surface area contributed by atoms with E-state index in [0.717, 1.165) is 16.3 Å². The Hall–Kier alpha value is -4.76. The van der Waals surface area contributed by atoms with E-state index in [1.54, 1.807) is 4.90 Å². The maximum Gasteiger partial charge on any atom is 0.243 e. The molecule has 0 aliphatic carbocycles. The van der Waals surface area contributed by atoms with Gasteiger partial charge in [0.2, 0.25) is 29.5 Å². The van der Waals surface area contributed by atoms with Crippen LogP contribution in [0.3, 0.4) is 0 Å². The van der Waals surface area contributed by atoms with Crippen molar-refractivity contribution >= 4 is 46.3 Å². The lowest BCUT2D eigenvalue weighted by atomic mass is 10.0. The second-order valence-electron chi connectivity index (χ2n) is 11.7. The fourth-order valence-corrected chi connectivity index (χ4v) is 5.67. The summed E-state index contributed by atoms with van der Waals surface area (Å²) >= 11 is 0. The third-order valence-electron chi connectivity index (χ3n) is 8.05. The van der Waals surface area contributed by atoms with E-state index in [4.69, 9.17) is 27.7 Å². The average Bonchev–Trinajstić information content (AvgIpc) is 3.56. The minimum atomic E-state index is -0.970. The molecule has 0 saturated carbocycles. The van der Waals surface area contributed by atoms with Crippen molar-refractivity contribution in [3.63, 3.8) is 0 Å². The van der Waals surface area contributed by atoms with Crippen molar-refractivity contribution in [1.29, 1.82) is 0 Å². The molecule has 3 atom stereocenters. The molecule has 11 N–H and O–H groups in total. The maximum absolute atomic E-state index is 13.6. The molecule has 3 rings (SSSR count). The number of guanidine groups is 1. The number of fused-ring (bicyclic) bond motifs is 1. The Kier molecular flexibility index (Phi) is 15.5. The van der Waals surface area contributed by atoms with Gasteiger partial charge in [0.05, 0.1) is 13.0 Å². The molecule has 0 spiro atoms. The molecule has 1 saturated heterocycles. The summed E-state index contributed by atoms with van der Waals surface area (Å²) in [6, 6.07) is 11.0. The summed E-state index contributed by atoms with van der Waals surface area (Å²) in [6.07, 6.45) is 3.34. The van der Waals surface area contributed by atoms with Gasteiger partial charge in [-0.05, 0) is 67.8 Å². The lowest BCUT2D eigenvalue weighted by molar-refractivity contribution is -0.139. The number of nitrogens with two attached hydrogens (primary N) is 4. The van der Waals surface area contributed by atoms with Crippen LogP contribution in [-0.2, 0) is 35.1 Å². The smallest absolute Gasteiger partial charge is 0.243 e. The van der Waals surface area contributed by atoms with Crippen molar-refractivity contribution < 1.29 is 28.7 Å². The molecule has 15 nitrogen and oxygen atoms in total. The van der Waals surface area contributed by atoms with E-state index in [0.29, 0.717) is 45.2 Å². The van der Waals surface area contributed by atoms with Gasteiger partial charge >= 0.3 is 0 Å². The summed E-state index contributed by atoms with van der Waals surface area (Å²) in [4.78, 5) is 70.2. The number of aliphatic imine (C=N–C) groups is 1. The molecule has 15 heteroatoms. The topological polar surface area (TPSA) is 250 Å². The van der Waals surface area contributed by atoms with E-state index >= 15 is 0 Å². The third kappa shape index (κ3) is 12.1. The van der Waals surface area contributed by atoms with Crippen LogP contribution in [0.25, 0.3) is 10.8 Å². The number of rotatable bonds is 20. The molecule has 2 aromatic rings. The number of hydrogen-bond acceptors (Lipinski definition) is 8. The van der Waals surface area contributed by atoms with Crippen molar-refractivity contribution in [1.82, 2.24) is 20.9 Å². The highest BCUT2D eigenvalue weighted by atomic mass is 16.5. The lowest BCUT2D eigenvalue weighted by Gasteiger charge is -2.27. The first kappa shape index (κ1) is 37.7. The normalized spacial score (nSPS) is 15.4. The highest BCUT2D eigenvalue weighted by Gasteiger charge is 2.36. The van der Waals surface area contributed by atoms with Crippen LogP contribution in [0.4, 0.5) is 0 Å². The number of unbranched alkanes of at least 4 members (excludes halogenated alkanes) is 1. The van der Waals surface area contributed by atoms with Crippen molar-refractivity contribution in [2.45, 2.75) is 69.5 Å². The van der Waals surface area contributed by atoms with Gasteiger partial charge in [0.1, 0.15) is 24.7 Å². The molecule has 0 aromatic heterocycles. The summed E-state index contributed by atoms with van der Waals surface area (Å²) in [5, 5.41) is 10.3. The van der Waals surface area contributed by atoms with Crippen LogP contribution in [0.15, 0.2) is 47.5 Å². The number of primary amides is 1. The Morgan fingerprint density at radius 1 is 0.917 bits per heavy atom. The molecular weight excluding hydrogens is 618 g/mol. The third-order valence-corrected chi connectivity index (χ3v) is 8.05. The minimum absolute atomic E-state index is 0.0399. The number of hydrogen-bond donors (Lipinski definition) is 7. The standard InChI is InChI=1S/C33H49N9O6/c34-15-4-3-12-26(31(46)40-25(13-6-16-39-33(36)37)30(45)38-17-19-48-21-28(35)43)41-32(47)27-14-7-18-42(27)29(44)20-23-10-5-9-22-8-1-2-11-24(22)23/h1-2,5,8-11,25-27H,3-4,6-7,12-21,34H2,(H2,35,43)(H,38,45)(H,40,46)(H,41,47)(H4,36,37,39)/t25?,26?,27-/m0/s1. The number of amides is 5. The quantitative estimate of drug-likeness (QED) is 0.0527. The van der Waals surface area contributed by atoms with Crippen LogP contribution < -0.4 is 38.9 Å². The van der Waals surface area contributed by atoms with Crippen molar-refractivity contribution in [3.05, 3.63) is 48.0 Å². The average molecular weight is 668 g/mol. The molecule has 2 unspecified atom stereocenters.